The average molecular weight is 525 g/mol. The number of rotatable bonds is 6. The molecule has 35 heavy (non-hydrogen) atoms. The summed E-state index contributed by atoms with van der Waals surface area (Å²) in [5.41, 5.74) is 0.835. The van der Waals surface area contributed by atoms with E-state index >= 15 is 0 Å². The Morgan fingerprint density at radius 3 is 3.00 bits per heavy atom. The minimum Gasteiger partial charge on any atom is -0.491 e. The van der Waals surface area contributed by atoms with Crippen LogP contribution in [-0.4, -0.2) is 45.5 Å². The number of piperidine rings is 1. The molecule has 2 N–H and O–H groups in total. The fourth-order valence-electron chi connectivity index (χ4n) is 4.93. The standard InChI is InChI=1S/C24H27ClF2N4O3S/c1-14-4-3-5-17(6-14)33-12-16(32)10-31-11-20(29-30-31)19-9-23(8-15(2)28-19)22-18(7-21(25)35-22)24(26,27)13-34-23/h3-7,11,15-16,19,28,32H,8-10,12-13H2,1-2H3/t15-,16?,19-,23-/m0/s1. The Morgan fingerprint density at radius 1 is 1.37 bits per heavy atom. The molecule has 1 spiro atoms. The Kier molecular flexibility index (Phi) is 6.60. The van der Waals surface area contributed by atoms with Gasteiger partial charge in [-0.15, -0.1) is 16.4 Å². The molecule has 1 saturated heterocycles. The van der Waals surface area contributed by atoms with Crippen LogP contribution in [-0.2, 0) is 22.8 Å². The van der Waals surface area contributed by atoms with Crippen LogP contribution in [0.15, 0.2) is 36.5 Å². The summed E-state index contributed by atoms with van der Waals surface area (Å²) in [5, 5.41) is 22.4. The van der Waals surface area contributed by atoms with Crippen molar-refractivity contribution in [1.29, 1.82) is 0 Å². The number of alkyl halides is 2. The lowest BCUT2D eigenvalue weighted by Crippen LogP contribution is -2.51. The highest BCUT2D eigenvalue weighted by Crippen LogP contribution is 2.54. The van der Waals surface area contributed by atoms with Gasteiger partial charge in [-0.05, 0) is 44.0 Å². The predicted octanol–water partition coefficient (Wildman–Crippen LogP) is 4.57. The number of aryl methyl sites for hydroxylation is 1. The van der Waals surface area contributed by atoms with E-state index in [-0.39, 0.29) is 30.8 Å². The lowest BCUT2D eigenvalue weighted by molar-refractivity contribution is -0.183. The molecule has 4 heterocycles. The summed E-state index contributed by atoms with van der Waals surface area (Å²) in [4.78, 5) is 0.494. The summed E-state index contributed by atoms with van der Waals surface area (Å²) in [5.74, 6) is -2.37. The van der Waals surface area contributed by atoms with Crippen LogP contribution < -0.4 is 10.1 Å². The first-order chi connectivity index (χ1) is 16.6. The molecule has 3 aromatic rings. The highest BCUT2D eigenvalue weighted by Gasteiger charge is 2.53. The first kappa shape index (κ1) is 24.6. The molecule has 5 rings (SSSR count). The van der Waals surface area contributed by atoms with Gasteiger partial charge in [-0.3, -0.25) is 0 Å². The van der Waals surface area contributed by atoms with Crippen molar-refractivity contribution in [1.82, 2.24) is 20.3 Å². The number of thiophene rings is 1. The molecule has 2 aliphatic heterocycles. The molecule has 0 radical (unpaired) electrons. The van der Waals surface area contributed by atoms with Gasteiger partial charge in [-0.1, -0.05) is 28.9 Å². The quantitative estimate of drug-likeness (QED) is 0.491. The van der Waals surface area contributed by atoms with Crippen LogP contribution in [0.5, 0.6) is 5.75 Å². The van der Waals surface area contributed by atoms with Gasteiger partial charge in [0, 0.05) is 22.9 Å². The number of nitrogens with one attached hydrogen (secondary N) is 1. The molecule has 1 unspecified atom stereocenters. The van der Waals surface area contributed by atoms with E-state index in [4.69, 9.17) is 21.1 Å². The number of aromatic nitrogens is 3. The first-order valence-corrected chi connectivity index (χ1v) is 12.7. The van der Waals surface area contributed by atoms with Gasteiger partial charge in [-0.25, -0.2) is 4.68 Å². The van der Waals surface area contributed by atoms with Crippen LogP contribution in [0.25, 0.3) is 0 Å². The number of nitrogens with zero attached hydrogens (tertiary/aromatic N) is 3. The maximum Gasteiger partial charge on any atom is 0.297 e. The van der Waals surface area contributed by atoms with Crippen molar-refractivity contribution < 1.29 is 23.4 Å². The molecule has 188 valence electrons. The highest BCUT2D eigenvalue weighted by molar-refractivity contribution is 7.16. The van der Waals surface area contributed by atoms with Gasteiger partial charge in [-0.2, -0.15) is 8.78 Å². The number of aliphatic hydroxyl groups is 1. The van der Waals surface area contributed by atoms with Crippen LogP contribution in [0, 0.1) is 6.92 Å². The topological polar surface area (TPSA) is 81.4 Å². The zero-order chi connectivity index (χ0) is 24.8. The molecule has 2 aromatic heterocycles. The second kappa shape index (κ2) is 9.40. The molecule has 7 nitrogen and oxygen atoms in total. The summed E-state index contributed by atoms with van der Waals surface area (Å²) < 4.78 is 42.5. The number of hydrogen-bond acceptors (Lipinski definition) is 7. The lowest BCUT2D eigenvalue weighted by atomic mass is 9.78. The van der Waals surface area contributed by atoms with E-state index in [2.05, 4.69) is 15.6 Å². The summed E-state index contributed by atoms with van der Waals surface area (Å²) >= 11 is 7.31. The molecule has 1 fully saturated rings. The molecule has 1 aromatic carbocycles. The summed E-state index contributed by atoms with van der Waals surface area (Å²) in [6.07, 6.45) is 1.95. The van der Waals surface area contributed by atoms with E-state index in [1.165, 1.54) is 6.07 Å². The molecule has 0 amide bonds. The number of ether oxygens (including phenoxy) is 2. The van der Waals surface area contributed by atoms with Crippen molar-refractivity contribution in [2.45, 2.75) is 62.9 Å². The number of hydrogen-bond donors (Lipinski definition) is 2. The Labute approximate surface area is 211 Å². The van der Waals surface area contributed by atoms with E-state index < -0.39 is 24.2 Å². The minimum atomic E-state index is -3.06. The van der Waals surface area contributed by atoms with Crippen LogP contribution in [0.1, 0.15) is 47.5 Å². The molecule has 0 aliphatic carbocycles. The molecular weight excluding hydrogens is 498 g/mol. The predicted molar refractivity (Wildman–Crippen MR) is 128 cm³/mol. The van der Waals surface area contributed by atoms with Gasteiger partial charge in [0.2, 0.25) is 0 Å². The van der Waals surface area contributed by atoms with Crippen molar-refractivity contribution in [2.24, 2.45) is 0 Å². The zero-order valence-electron chi connectivity index (χ0n) is 19.4. The highest BCUT2D eigenvalue weighted by atomic mass is 35.5. The first-order valence-electron chi connectivity index (χ1n) is 11.5. The van der Waals surface area contributed by atoms with E-state index in [9.17, 15) is 13.9 Å². The van der Waals surface area contributed by atoms with Crippen LogP contribution in [0.3, 0.4) is 0 Å². The Balaban J connectivity index is 1.28. The normalized spacial score (nSPS) is 26.5. The van der Waals surface area contributed by atoms with E-state index in [0.717, 1.165) is 16.9 Å². The zero-order valence-corrected chi connectivity index (χ0v) is 21.0. The van der Waals surface area contributed by atoms with Crippen molar-refractivity contribution in [3.8, 4) is 5.75 Å². The molecule has 0 saturated carbocycles. The molecular formula is C24H27ClF2N4O3S. The van der Waals surface area contributed by atoms with E-state index in [1.807, 2.05) is 38.1 Å². The van der Waals surface area contributed by atoms with Gasteiger partial charge in [0.15, 0.2) is 0 Å². The maximum atomic E-state index is 14.5. The molecule has 4 atom stereocenters. The van der Waals surface area contributed by atoms with Gasteiger partial charge in [0.25, 0.3) is 5.92 Å². The maximum absolute atomic E-state index is 14.5. The summed E-state index contributed by atoms with van der Waals surface area (Å²) in [6.45, 7) is 3.62. The number of aliphatic hydroxyl groups excluding tert-OH is 1. The monoisotopic (exact) mass is 524 g/mol. The number of benzene rings is 1. The SMILES string of the molecule is Cc1cccc(OCC(O)Cn2cc([C@@H]3C[C@]4(C[C@H](C)N3)OCC(F)(F)c3cc(Cl)sc34)nn2)c1. The van der Waals surface area contributed by atoms with Gasteiger partial charge >= 0.3 is 0 Å². The fraction of sp³-hybridized carbons (Fsp3) is 0.500. The average Bonchev–Trinajstić information content (AvgIpc) is 3.43. The summed E-state index contributed by atoms with van der Waals surface area (Å²) in [6, 6.07) is 8.72. The van der Waals surface area contributed by atoms with Crippen molar-refractivity contribution in [3.63, 3.8) is 0 Å². The van der Waals surface area contributed by atoms with Crippen LogP contribution in [0.4, 0.5) is 8.78 Å². The Bertz CT molecular complexity index is 1210. The minimum absolute atomic E-state index is 0.00679. The molecule has 11 heteroatoms. The third kappa shape index (κ3) is 5.08. The van der Waals surface area contributed by atoms with Crippen molar-refractivity contribution in [3.05, 3.63) is 62.6 Å². The van der Waals surface area contributed by atoms with Crippen molar-refractivity contribution in [2.75, 3.05) is 13.2 Å². The third-order valence-electron chi connectivity index (χ3n) is 6.44. The van der Waals surface area contributed by atoms with Crippen LogP contribution in [0.2, 0.25) is 4.34 Å². The van der Waals surface area contributed by atoms with Crippen molar-refractivity contribution >= 4 is 22.9 Å². The Hall–Kier alpha value is -2.11. The smallest absolute Gasteiger partial charge is 0.297 e. The van der Waals surface area contributed by atoms with E-state index in [1.54, 1.807) is 10.9 Å². The van der Waals surface area contributed by atoms with E-state index in [0.29, 0.717) is 33.5 Å². The largest absolute Gasteiger partial charge is 0.491 e. The third-order valence-corrected chi connectivity index (χ3v) is 7.89. The lowest BCUT2D eigenvalue weighted by Gasteiger charge is -2.47. The molecule has 2 aliphatic rings. The van der Waals surface area contributed by atoms with Gasteiger partial charge in [0.05, 0.1) is 28.8 Å². The second-order valence-corrected chi connectivity index (χ2v) is 11.1. The Morgan fingerprint density at radius 2 is 2.20 bits per heavy atom. The fourth-order valence-corrected chi connectivity index (χ4v) is 6.38. The van der Waals surface area contributed by atoms with Gasteiger partial charge < -0.3 is 19.9 Å². The number of fused-ring (bicyclic) bond motifs is 2. The second-order valence-electron chi connectivity index (χ2n) is 9.46. The number of halogens is 3. The van der Waals surface area contributed by atoms with Crippen LogP contribution >= 0.6 is 22.9 Å². The molecule has 0 bridgehead atoms. The summed E-state index contributed by atoms with van der Waals surface area (Å²) in [7, 11) is 0. The van der Waals surface area contributed by atoms with Gasteiger partial charge in [0.1, 0.15) is 30.7 Å².